The van der Waals surface area contributed by atoms with Crippen molar-refractivity contribution in [1.29, 1.82) is 0 Å². The molecule has 0 aliphatic carbocycles. The second-order valence-corrected chi connectivity index (χ2v) is 5.52. The van der Waals surface area contributed by atoms with E-state index in [1.54, 1.807) is 16.4 Å². The molecule has 6 heteroatoms. The fraction of sp³-hybridized carbons (Fsp3) is 0. The van der Waals surface area contributed by atoms with Crippen LogP contribution in [0.1, 0.15) is 0 Å². The summed E-state index contributed by atoms with van der Waals surface area (Å²) in [7, 11) is 0. The van der Waals surface area contributed by atoms with Crippen LogP contribution in [0.2, 0.25) is 0 Å². The van der Waals surface area contributed by atoms with Crippen LogP contribution in [0.4, 0.5) is 0 Å². The third-order valence-corrected chi connectivity index (χ3v) is 4.19. The Morgan fingerprint density at radius 2 is 1.76 bits per heavy atom. The van der Waals surface area contributed by atoms with Crippen molar-refractivity contribution < 1.29 is 0 Å². The van der Waals surface area contributed by atoms with Crippen LogP contribution in [0.5, 0.6) is 0 Å². The average molecular weight is 293 g/mol. The van der Waals surface area contributed by atoms with E-state index in [9.17, 15) is 0 Å². The number of hydrogen-bond acceptors (Lipinski definition) is 4. The third kappa shape index (κ3) is 2.19. The molecule has 0 spiro atoms. The van der Waals surface area contributed by atoms with E-state index >= 15 is 0 Å². The molecule has 0 radical (unpaired) electrons. The van der Waals surface area contributed by atoms with E-state index in [1.807, 2.05) is 48.7 Å². The molecule has 2 aromatic heterocycles. The predicted molar refractivity (Wildman–Crippen MR) is 81.6 cm³/mol. The lowest BCUT2D eigenvalue weighted by Gasteiger charge is -2.03. The largest absolute Gasteiger partial charge is 0.360 e. The van der Waals surface area contributed by atoms with Crippen LogP contribution in [0.3, 0.4) is 0 Å². The Balaban J connectivity index is 1.74. The second kappa shape index (κ2) is 5.06. The molecule has 1 N–H and O–H groups in total. The Morgan fingerprint density at radius 1 is 0.952 bits per heavy atom. The molecule has 0 bridgehead atoms. The van der Waals surface area contributed by atoms with Gasteiger partial charge in [-0.1, -0.05) is 36.4 Å². The summed E-state index contributed by atoms with van der Waals surface area (Å²) in [5, 5.41) is 13.9. The normalized spacial score (nSPS) is 11.0. The van der Waals surface area contributed by atoms with Gasteiger partial charge in [-0.3, -0.25) is 0 Å². The lowest BCUT2D eigenvalue weighted by Crippen LogP contribution is -1.98. The van der Waals surface area contributed by atoms with Crippen molar-refractivity contribution in [3.05, 3.63) is 60.8 Å². The summed E-state index contributed by atoms with van der Waals surface area (Å²) in [6.07, 6.45) is 1.99. The Morgan fingerprint density at radius 3 is 2.67 bits per heavy atom. The molecule has 0 saturated heterocycles. The van der Waals surface area contributed by atoms with Gasteiger partial charge in [-0.2, -0.15) is 4.68 Å². The first-order chi connectivity index (χ1) is 10.4. The molecule has 0 fully saturated rings. The summed E-state index contributed by atoms with van der Waals surface area (Å²) in [4.78, 5) is 4.37. The molecule has 0 unspecified atom stereocenters. The quantitative estimate of drug-likeness (QED) is 0.629. The summed E-state index contributed by atoms with van der Waals surface area (Å²) in [6, 6.07) is 18.1. The van der Waals surface area contributed by atoms with Crippen molar-refractivity contribution in [2.75, 3.05) is 0 Å². The maximum Gasteiger partial charge on any atom is 0.218 e. The summed E-state index contributed by atoms with van der Waals surface area (Å²) < 4.78 is 1.74. The van der Waals surface area contributed by atoms with Crippen molar-refractivity contribution in [2.24, 2.45) is 0 Å². The fourth-order valence-corrected chi connectivity index (χ4v) is 3.11. The van der Waals surface area contributed by atoms with Crippen LogP contribution in [-0.4, -0.2) is 25.2 Å². The van der Waals surface area contributed by atoms with Gasteiger partial charge in [0.1, 0.15) is 0 Å². The van der Waals surface area contributed by atoms with Gasteiger partial charge >= 0.3 is 0 Å². The number of tetrazole rings is 1. The fourth-order valence-electron chi connectivity index (χ4n) is 2.20. The predicted octanol–water partition coefficient (Wildman–Crippen LogP) is 3.29. The number of hydrogen-bond donors (Lipinski definition) is 1. The van der Waals surface area contributed by atoms with Gasteiger partial charge in [-0.15, -0.1) is 5.10 Å². The molecule has 21 heavy (non-hydrogen) atoms. The van der Waals surface area contributed by atoms with Crippen LogP contribution >= 0.6 is 11.8 Å². The van der Waals surface area contributed by atoms with Crippen molar-refractivity contribution in [2.45, 2.75) is 10.1 Å². The summed E-state index contributed by atoms with van der Waals surface area (Å²) in [5.74, 6) is 0. The zero-order chi connectivity index (χ0) is 14.1. The topological polar surface area (TPSA) is 59.4 Å². The van der Waals surface area contributed by atoms with Gasteiger partial charge in [0.05, 0.1) is 5.69 Å². The first kappa shape index (κ1) is 12.2. The van der Waals surface area contributed by atoms with Crippen LogP contribution < -0.4 is 0 Å². The van der Waals surface area contributed by atoms with E-state index in [2.05, 4.69) is 32.6 Å². The lowest BCUT2D eigenvalue weighted by atomic mass is 10.2. The summed E-state index contributed by atoms with van der Waals surface area (Å²) >= 11 is 1.55. The Bertz CT molecular complexity index is 881. The minimum atomic E-state index is 0.742. The molecule has 2 heterocycles. The SMILES string of the molecule is c1ccc(-n2nnnc2Sc2c[nH]c3ccccc23)cc1. The third-order valence-electron chi connectivity index (χ3n) is 3.19. The number of aromatic amines is 1. The van der Waals surface area contributed by atoms with Gasteiger partial charge in [-0.25, -0.2) is 0 Å². The number of aromatic nitrogens is 5. The van der Waals surface area contributed by atoms with E-state index in [4.69, 9.17) is 0 Å². The molecule has 4 aromatic rings. The average Bonchev–Trinajstić information content (AvgIpc) is 3.16. The number of fused-ring (bicyclic) bond motifs is 1. The van der Waals surface area contributed by atoms with E-state index in [0.29, 0.717) is 0 Å². The molecule has 4 rings (SSSR count). The van der Waals surface area contributed by atoms with E-state index in [1.165, 1.54) is 5.39 Å². The molecular weight excluding hydrogens is 282 g/mol. The number of benzene rings is 2. The van der Waals surface area contributed by atoms with Crippen molar-refractivity contribution >= 4 is 22.7 Å². The van der Waals surface area contributed by atoms with Gasteiger partial charge in [0.25, 0.3) is 0 Å². The highest BCUT2D eigenvalue weighted by molar-refractivity contribution is 7.99. The van der Waals surface area contributed by atoms with Gasteiger partial charge in [0, 0.05) is 22.0 Å². The highest BCUT2D eigenvalue weighted by atomic mass is 32.2. The minimum Gasteiger partial charge on any atom is -0.360 e. The van der Waals surface area contributed by atoms with Gasteiger partial charge in [0.15, 0.2) is 0 Å². The van der Waals surface area contributed by atoms with Crippen LogP contribution in [0, 0.1) is 0 Å². The molecule has 0 aliphatic heterocycles. The van der Waals surface area contributed by atoms with Crippen LogP contribution in [-0.2, 0) is 0 Å². The molecule has 102 valence electrons. The summed E-state index contributed by atoms with van der Waals surface area (Å²) in [6.45, 7) is 0. The van der Waals surface area contributed by atoms with E-state index < -0.39 is 0 Å². The number of H-pyrrole nitrogens is 1. The molecular formula is C15H11N5S. The van der Waals surface area contributed by atoms with E-state index in [-0.39, 0.29) is 0 Å². The van der Waals surface area contributed by atoms with Crippen molar-refractivity contribution in [1.82, 2.24) is 25.2 Å². The first-order valence-corrected chi connectivity index (χ1v) is 7.31. The monoisotopic (exact) mass is 293 g/mol. The lowest BCUT2D eigenvalue weighted by molar-refractivity contribution is 0.756. The zero-order valence-corrected chi connectivity index (χ0v) is 11.8. The maximum absolute atomic E-state index is 4.13. The highest BCUT2D eigenvalue weighted by Gasteiger charge is 2.12. The maximum atomic E-state index is 4.13. The molecule has 0 aliphatic rings. The molecule has 5 nitrogen and oxygen atoms in total. The highest BCUT2D eigenvalue weighted by Crippen LogP contribution is 2.32. The van der Waals surface area contributed by atoms with Gasteiger partial charge < -0.3 is 4.98 Å². The molecule has 0 amide bonds. The smallest absolute Gasteiger partial charge is 0.218 e. The van der Waals surface area contributed by atoms with E-state index in [0.717, 1.165) is 21.3 Å². The number of para-hydroxylation sites is 2. The number of rotatable bonds is 3. The van der Waals surface area contributed by atoms with Crippen molar-refractivity contribution in [3.8, 4) is 5.69 Å². The number of nitrogens with one attached hydrogen (secondary N) is 1. The minimum absolute atomic E-state index is 0.742. The number of nitrogens with zero attached hydrogens (tertiary/aromatic N) is 4. The summed E-state index contributed by atoms with van der Waals surface area (Å²) in [5.41, 5.74) is 2.06. The van der Waals surface area contributed by atoms with Gasteiger partial charge in [-0.05, 0) is 40.4 Å². The van der Waals surface area contributed by atoms with Gasteiger partial charge in [0.2, 0.25) is 5.16 Å². The molecule has 0 saturated carbocycles. The second-order valence-electron chi connectivity index (χ2n) is 4.51. The molecule has 2 aromatic carbocycles. The van der Waals surface area contributed by atoms with Crippen molar-refractivity contribution in [3.63, 3.8) is 0 Å². The van der Waals surface area contributed by atoms with Crippen LogP contribution in [0.25, 0.3) is 16.6 Å². The first-order valence-electron chi connectivity index (χ1n) is 6.49. The zero-order valence-electron chi connectivity index (χ0n) is 11.0. The Labute approximate surface area is 125 Å². The standard InChI is InChI=1S/C15H11N5S/c1-2-6-11(7-3-1)20-15(17-18-19-20)21-14-10-16-13-9-5-4-8-12(13)14/h1-10,16H. The van der Waals surface area contributed by atoms with Crippen LogP contribution in [0.15, 0.2) is 70.8 Å². The molecule has 0 atom stereocenters. The Kier molecular flexibility index (Phi) is 2.93. The Hall–Kier alpha value is -2.60.